The van der Waals surface area contributed by atoms with Gasteiger partial charge in [0.2, 0.25) is 0 Å². The Bertz CT molecular complexity index is 481. The van der Waals surface area contributed by atoms with Gasteiger partial charge in [-0.05, 0) is 31.8 Å². The normalized spacial score (nSPS) is 10.4. The number of aromatic nitrogens is 1. The minimum absolute atomic E-state index is 0. The van der Waals surface area contributed by atoms with Crippen LogP contribution in [-0.4, -0.2) is 37.1 Å². The fourth-order valence-electron chi connectivity index (χ4n) is 1.83. The molecule has 19 heavy (non-hydrogen) atoms. The number of para-hydroxylation sites is 1. The molecule has 0 amide bonds. The van der Waals surface area contributed by atoms with Gasteiger partial charge >= 0.3 is 0 Å². The van der Waals surface area contributed by atoms with Gasteiger partial charge in [0.15, 0.2) is 0 Å². The molecule has 0 aliphatic heterocycles. The van der Waals surface area contributed by atoms with E-state index < -0.39 is 0 Å². The van der Waals surface area contributed by atoms with Crippen molar-refractivity contribution in [3.05, 3.63) is 42.1 Å². The van der Waals surface area contributed by atoms with E-state index in [1.807, 2.05) is 26.1 Å². The number of pyridine rings is 1. The van der Waals surface area contributed by atoms with Crippen molar-refractivity contribution in [3.63, 3.8) is 0 Å². The van der Waals surface area contributed by atoms with E-state index >= 15 is 0 Å². The summed E-state index contributed by atoms with van der Waals surface area (Å²) in [5.41, 5.74) is 2.38. The van der Waals surface area contributed by atoms with Gasteiger partial charge in [-0.25, -0.2) is 0 Å². The van der Waals surface area contributed by atoms with Gasteiger partial charge < -0.3 is 10.2 Å². The molecule has 0 saturated carbocycles. The average Bonchev–Trinajstić information content (AvgIpc) is 2.45. The Morgan fingerprint density at radius 3 is 2.63 bits per heavy atom. The van der Waals surface area contributed by atoms with E-state index in [1.54, 1.807) is 0 Å². The highest BCUT2D eigenvalue weighted by atomic mass is 15.1. The summed E-state index contributed by atoms with van der Waals surface area (Å²) in [4.78, 5) is 6.54. The zero-order valence-corrected chi connectivity index (χ0v) is 12.5. The highest BCUT2D eigenvalue weighted by molar-refractivity contribution is 5.81. The molecule has 3 heteroatoms. The van der Waals surface area contributed by atoms with Crippen molar-refractivity contribution in [1.29, 1.82) is 0 Å². The van der Waals surface area contributed by atoms with Crippen LogP contribution in [-0.2, 0) is 6.54 Å². The standard InChI is InChI=1S/C14H19N3.C2H6.H2/c1-17(2)10-9-15-11-12-7-8-16-14-6-4-3-5-13(12)14;1-2;/h3-8,15H,9-11H2,1-2H3;1-2H3;1H. The Kier molecular flexibility index (Phi) is 7.08. The van der Waals surface area contributed by atoms with Gasteiger partial charge in [-0.1, -0.05) is 32.0 Å². The minimum atomic E-state index is 0. The summed E-state index contributed by atoms with van der Waals surface area (Å²) in [7, 11) is 4.17. The third kappa shape index (κ3) is 4.97. The summed E-state index contributed by atoms with van der Waals surface area (Å²) in [5, 5.41) is 4.70. The zero-order valence-electron chi connectivity index (χ0n) is 12.5. The Morgan fingerprint density at radius 2 is 1.89 bits per heavy atom. The molecule has 0 aliphatic rings. The van der Waals surface area contributed by atoms with Crippen molar-refractivity contribution >= 4 is 10.9 Å². The first-order chi connectivity index (χ1) is 9.27. The smallest absolute Gasteiger partial charge is 0.0705 e. The van der Waals surface area contributed by atoms with Crippen molar-refractivity contribution < 1.29 is 1.43 Å². The van der Waals surface area contributed by atoms with Gasteiger partial charge in [-0.3, -0.25) is 4.98 Å². The predicted molar refractivity (Wildman–Crippen MR) is 85.5 cm³/mol. The zero-order chi connectivity index (χ0) is 14.1. The number of likely N-dealkylation sites (N-methyl/N-ethyl adjacent to an activating group) is 1. The number of fused-ring (bicyclic) bond motifs is 1. The number of hydrogen-bond acceptors (Lipinski definition) is 3. The number of rotatable bonds is 5. The summed E-state index contributed by atoms with van der Waals surface area (Å²) < 4.78 is 0. The first kappa shape index (κ1) is 15.6. The molecule has 1 N–H and O–H groups in total. The maximum absolute atomic E-state index is 4.36. The summed E-state index contributed by atoms with van der Waals surface area (Å²) >= 11 is 0. The second kappa shape index (κ2) is 8.62. The summed E-state index contributed by atoms with van der Waals surface area (Å²) in [5.74, 6) is 0. The molecule has 2 rings (SSSR count). The molecule has 1 heterocycles. The molecule has 106 valence electrons. The lowest BCUT2D eigenvalue weighted by Crippen LogP contribution is -2.26. The van der Waals surface area contributed by atoms with E-state index in [2.05, 4.69) is 53.6 Å². The van der Waals surface area contributed by atoms with E-state index in [1.165, 1.54) is 10.9 Å². The minimum Gasteiger partial charge on any atom is -0.311 e. The van der Waals surface area contributed by atoms with Gasteiger partial charge in [-0.15, -0.1) is 0 Å². The van der Waals surface area contributed by atoms with Crippen molar-refractivity contribution in [3.8, 4) is 0 Å². The molecule has 0 radical (unpaired) electrons. The monoisotopic (exact) mass is 261 g/mol. The SMILES string of the molecule is CC.CN(C)CCNCc1ccnc2ccccc12.[HH]. The molecule has 0 unspecified atom stereocenters. The van der Waals surface area contributed by atoms with E-state index in [0.29, 0.717) is 0 Å². The Balaban J connectivity index is 0.00000115. The molecule has 0 fully saturated rings. The summed E-state index contributed by atoms with van der Waals surface area (Å²) in [6, 6.07) is 10.4. The first-order valence-corrected chi connectivity index (χ1v) is 6.95. The first-order valence-electron chi connectivity index (χ1n) is 6.95. The van der Waals surface area contributed by atoms with E-state index in [0.717, 1.165) is 25.2 Å². The molecule has 1 aromatic heterocycles. The average molecular weight is 261 g/mol. The lowest BCUT2D eigenvalue weighted by molar-refractivity contribution is 0.400. The van der Waals surface area contributed by atoms with Crippen LogP contribution >= 0.6 is 0 Å². The second-order valence-corrected chi connectivity index (χ2v) is 4.47. The van der Waals surface area contributed by atoms with E-state index in [9.17, 15) is 0 Å². The van der Waals surface area contributed by atoms with E-state index in [4.69, 9.17) is 0 Å². The fraction of sp³-hybridized carbons (Fsp3) is 0.438. The van der Waals surface area contributed by atoms with Gasteiger partial charge in [0.25, 0.3) is 0 Å². The maximum Gasteiger partial charge on any atom is 0.0705 e. The maximum atomic E-state index is 4.36. The molecular formula is C16H27N3. The summed E-state index contributed by atoms with van der Waals surface area (Å²) in [6.45, 7) is 6.96. The molecule has 0 aliphatic carbocycles. The van der Waals surface area contributed by atoms with Crippen molar-refractivity contribution in [1.82, 2.24) is 15.2 Å². The predicted octanol–water partition coefficient (Wildman–Crippen LogP) is 3.16. The fourth-order valence-corrected chi connectivity index (χ4v) is 1.83. The van der Waals surface area contributed by atoms with Crippen LogP contribution in [0, 0.1) is 0 Å². The van der Waals surface area contributed by atoms with Crippen LogP contribution in [0.5, 0.6) is 0 Å². The molecule has 1 aromatic carbocycles. The second-order valence-electron chi connectivity index (χ2n) is 4.47. The largest absolute Gasteiger partial charge is 0.311 e. The van der Waals surface area contributed by atoms with Crippen molar-refractivity contribution in [2.75, 3.05) is 27.2 Å². The van der Waals surface area contributed by atoms with Crippen molar-refractivity contribution in [2.24, 2.45) is 0 Å². The lowest BCUT2D eigenvalue weighted by Gasteiger charge is -2.11. The third-order valence-electron chi connectivity index (χ3n) is 2.79. The Labute approximate surface area is 118 Å². The third-order valence-corrected chi connectivity index (χ3v) is 2.79. The number of hydrogen-bond donors (Lipinski definition) is 1. The lowest BCUT2D eigenvalue weighted by atomic mass is 10.1. The Morgan fingerprint density at radius 1 is 1.16 bits per heavy atom. The van der Waals surface area contributed by atoms with Crippen LogP contribution in [0.3, 0.4) is 0 Å². The Hall–Kier alpha value is -1.45. The van der Waals surface area contributed by atoms with Crippen LogP contribution in [0.2, 0.25) is 0 Å². The van der Waals surface area contributed by atoms with Crippen LogP contribution in [0.15, 0.2) is 36.5 Å². The number of nitrogens with one attached hydrogen (secondary N) is 1. The molecule has 0 bridgehead atoms. The summed E-state index contributed by atoms with van der Waals surface area (Å²) in [6.07, 6.45) is 1.88. The van der Waals surface area contributed by atoms with Gasteiger partial charge in [-0.2, -0.15) is 0 Å². The molecule has 3 nitrogen and oxygen atoms in total. The highest BCUT2D eigenvalue weighted by Crippen LogP contribution is 2.15. The molecular weight excluding hydrogens is 234 g/mol. The molecule has 0 saturated heterocycles. The molecule has 2 aromatic rings. The highest BCUT2D eigenvalue weighted by Gasteiger charge is 2.00. The van der Waals surface area contributed by atoms with Crippen molar-refractivity contribution in [2.45, 2.75) is 20.4 Å². The van der Waals surface area contributed by atoms with Gasteiger partial charge in [0.05, 0.1) is 5.52 Å². The topological polar surface area (TPSA) is 28.2 Å². The number of nitrogens with zero attached hydrogens (tertiary/aromatic N) is 2. The van der Waals surface area contributed by atoms with E-state index in [-0.39, 0.29) is 1.43 Å². The van der Waals surface area contributed by atoms with Crippen LogP contribution in [0.1, 0.15) is 20.8 Å². The van der Waals surface area contributed by atoms with Crippen LogP contribution < -0.4 is 5.32 Å². The molecule has 0 spiro atoms. The van der Waals surface area contributed by atoms with Gasteiger partial charge in [0, 0.05) is 32.6 Å². The molecule has 0 atom stereocenters. The van der Waals surface area contributed by atoms with Gasteiger partial charge in [0.1, 0.15) is 0 Å². The van der Waals surface area contributed by atoms with Crippen LogP contribution in [0.25, 0.3) is 10.9 Å². The quantitative estimate of drug-likeness (QED) is 0.838. The van der Waals surface area contributed by atoms with Crippen LogP contribution in [0.4, 0.5) is 0 Å². The number of benzene rings is 1.